The maximum atomic E-state index is 12.6. The van der Waals surface area contributed by atoms with Gasteiger partial charge < -0.3 is 28.6 Å². The number of unbranched alkanes of at least 4 members (excludes halogenated alkanes) is 10. The van der Waals surface area contributed by atoms with Crippen LogP contribution in [0.4, 0.5) is 0 Å². The first-order valence-electron chi connectivity index (χ1n) is 19.0. The first-order chi connectivity index (χ1) is 24.1. The number of carbonyl (C=O) groups excluding carboxylic acids is 3. The fourth-order valence-corrected chi connectivity index (χ4v) is 5.01. The minimum Gasteiger partial charge on any atom is -0.544 e. The molecule has 0 aliphatic carbocycles. The van der Waals surface area contributed by atoms with E-state index in [2.05, 4.69) is 62.5 Å². The van der Waals surface area contributed by atoms with E-state index in [1.807, 2.05) is 24.3 Å². The maximum Gasteiger partial charge on any atom is 0.306 e. The first kappa shape index (κ1) is 46.8. The third-order valence-corrected chi connectivity index (χ3v) is 7.96. The minimum atomic E-state index is -1.14. The molecule has 0 fully saturated rings. The van der Waals surface area contributed by atoms with Crippen LogP contribution in [-0.4, -0.2) is 75.5 Å². The molecule has 2 atom stereocenters. The molecular formula is C42H69NO7. The van der Waals surface area contributed by atoms with E-state index >= 15 is 0 Å². The highest BCUT2D eigenvalue weighted by Crippen LogP contribution is 2.12. The van der Waals surface area contributed by atoms with Crippen molar-refractivity contribution < 1.29 is 38.2 Å². The van der Waals surface area contributed by atoms with Crippen LogP contribution in [0.15, 0.2) is 72.9 Å². The smallest absolute Gasteiger partial charge is 0.306 e. The lowest BCUT2D eigenvalue weighted by atomic mass is 10.1. The third kappa shape index (κ3) is 30.8. The van der Waals surface area contributed by atoms with Crippen molar-refractivity contribution in [3.05, 3.63) is 72.9 Å². The molecule has 0 saturated heterocycles. The minimum absolute atomic E-state index is 0.0210. The van der Waals surface area contributed by atoms with Crippen LogP contribution < -0.4 is 5.11 Å². The third-order valence-electron chi connectivity index (χ3n) is 7.96. The van der Waals surface area contributed by atoms with Crippen molar-refractivity contribution in [1.29, 1.82) is 0 Å². The number of likely N-dealkylation sites (N-methyl/N-ethyl adjacent to an activating group) is 1. The summed E-state index contributed by atoms with van der Waals surface area (Å²) in [5.41, 5.74) is 0. The fraction of sp³-hybridized carbons (Fsp3) is 0.643. The van der Waals surface area contributed by atoms with Gasteiger partial charge >= 0.3 is 11.9 Å². The Kier molecular flexibility index (Phi) is 30.8. The summed E-state index contributed by atoms with van der Waals surface area (Å²) in [5, 5.41) is 11.6. The van der Waals surface area contributed by atoms with Crippen molar-refractivity contribution in [2.45, 2.75) is 135 Å². The van der Waals surface area contributed by atoms with Crippen molar-refractivity contribution in [1.82, 2.24) is 0 Å². The van der Waals surface area contributed by atoms with Gasteiger partial charge in [0.15, 0.2) is 6.10 Å². The standard InChI is InChI=1S/C42H69NO7/c1-6-8-10-12-14-16-18-20-22-24-26-28-30-32-40(44)49-37-38(36-48-35-34-39(42(46)47)43(3,4)5)50-41(45)33-31-29-27-25-23-21-19-17-15-13-11-9-7-2/h8-19,38-39H,6-7,20-37H2,1-5H3/b10-8+,11-9+,14-12+,15-13+,18-16+,19-17+. The second-order valence-electron chi connectivity index (χ2n) is 13.5. The van der Waals surface area contributed by atoms with Crippen LogP contribution in [0.3, 0.4) is 0 Å². The number of hydrogen-bond donors (Lipinski definition) is 0. The SMILES string of the molecule is CC/C=C/C=C/C=C/CCCCCCCC(=O)OCC(COCCC(C(=O)[O-])[N+](C)(C)C)OC(=O)CCCCCCC/C=C/C=C/C=C/CC. The van der Waals surface area contributed by atoms with Gasteiger partial charge in [-0.15, -0.1) is 0 Å². The van der Waals surface area contributed by atoms with E-state index in [0.717, 1.165) is 89.9 Å². The van der Waals surface area contributed by atoms with Gasteiger partial charge in [-0.2, -0.15) is 0 Å². The average Bonchev–Trinajstić information content (AvgIpc) is 3.06. The summed E-state index contributed by atoms with van der Waals surface area (Å²) in [6, 6.07) is -0.735. The molecule has 8 heteroatoms. The molecule has 284 valence electrons. The predicted molar refractivity (Wildman–Crippen MR) is 203 cm³/mol. The zero-order chi connectivity index (χ0) is 37.1. The zero-order valence-corrected chi connectivity index (χ0v) is 32.0. The second kappa shape index (κ2) is 32.9. The molecule has 0 spiro atoms. The molecule has 0 bridgehead atoms. The number of rotatable bonds is 32. The highest BCUT2D eigenvalue weighted by Gasteiger charge is 2.25. The number of hydrogen-bond acceptors (Lipinski definition) is 7. The summed E-state index contributed by atoms with van der Waals surface area (Å²) in [7, 11) is 5.37. The molecule has 0 aromatic carbocycles. The number of carboxylic acid groups (broad SMARTS) is 1. The van der Waals surface area contributed by atoms with E-state index < -0.39 is 18.1 Å². The summed E-state index contributed by atoms with van der Waals surface area (Å²) in [6.45, 7) is 4.31. The van der Waals surface area contributed by atoms with Crippen LogP contribution in [-0.2, 0) is 28.6 Å². The quantitative estimate of drug-likeness (QED) is 0.0301. The lowest BCUT2D eigenvalue weighted by Crippen LogP contribution is -2.55. The Bertz CT molecular complexity index is 1050. The topological polar surface area (TPSA) is 102 Å². The van der Waals surface area contributed by atoms with Gasteiger partial charge in [0.05, 0.1) is 40.3 Å². The number of aliphatic carboxylic acids is 1. The maximum absolute atomic E-state index is 12.6. The summed E-state index contributed by atoms with van der Waals surface area (Å²) in [5.74, 6) is -1.80. The number of ether oxygens (including phenoxy) is 3. The Morgan fingerprint density at radius 1 is 0.600 bits per heavy atom. The van der Waals surface area contributed by atoms with E-state index in [1.54, 1.807) is 21.1 Å². The van der Waals surface area contributed by atoms with Crippen LogP contribution in [0.2, 0.25) is 0 Å². The van der Waals surface area contributed by atoms with Crippen molar-refractivity contribution in [3.8, 4) is 0 Å². The Balaban J connectivity index is 4.51. The molecule has 2 unspecified atom stereocenters. The summed E-state index contributed by atoms with van der Waals surface area (Å²) < 4.78 is 17.0. The largest absolute Gasteiger partial charge is 0.544 e. The molecule has 0 N–H and O–H groups in total. The molecule has 0 heterocycles. The van der Waals surface area contributed by atoms with Gasteiger partial charge in [0.25, 0.3) is 0 Å². The molecule has 0 aliphatic heterocycles. The Morgan fingerprint density at radius 2 is 1.06 bits per heavy atom. The van der Waals surface area contributed by atoms with Gasteiger partial charge in [-0.25, -0.2) is 0 Å². The number of quaternary nitrogens is 1. The number of carbonyl (C=O) groups is 3. The van der Waals surface area contributed by atoms with Crippen LogP contribution >= 0.6 is 0 Å². The van der Waals surface area contributed by atoms with E-state index in [4.69, 9.17) is 14.2 Å². The number of esters is 2. The van der Waals surface area contributed by atoms with Gasteiger partial charge in [0.2, 0.25) is 0 Å². The fourth-order valence-electron chi connectivity index (χ4n) is 5.01. The molecule has 0 aromatic rings. The molecule has 0 radical (unpaired) electrons. The van der Waals surface area contributed by atoms with Gasteiger partial charge in [0, 0.05) is 19.3 Å². The number of nitrogens with zero attached hydrogens (tertiary/aromatic N) is 1. The molecule has 0 aliphatic rings. The average molecular weight is 700 g/mol. The van der Waals surface area contributed by atoms with E-state index in [1.165, 1.54) is 0 Å². The lowest BCUT2D eigenvalue weighted by molar-refractivity contribution is -0.889. The van der Waals surface area contributed by atoms with Crippen molar-refractivity contribution in [3.63, 3.8) is 0 Å². The first-order valence-corrected chi connectivity index (χ1v) is 19.0. The monoisotopic (exact) mass is 700 g/mol. The normalized spacial score (nSPS) is 13.9. The van der Waals surface area contributed by atoms with Crippen LogP contribution in [0, 0.1) is 0 Å². The van der Waals surface area contributed by atoms with Gasteiger partial charge in [-0.3, -0.25) is 9.59 Å². The molecular weight excluding hydrogens is 630 g/mol. The van der Waals surface area contributed by atoms with Crippen LogP contribution in [0.25, 0.3) is 0 Å². The van der Waals surface area contributed by atoms with Gasteiger partial charge in [-0.05, 0) is 51.4 Å². The highest BCUT2D eigenvalue weighted by molar-refractivity contribution is 5.70. The Hall–Kier alpha value is -3.23. The summed E-state index contributed by atoms with van der Waals surface area (Å²) in [4.78, 5) is 36.6. The highest BCUT2D eigenvalue weighted by atomic mass is 16.6. The van der Waals surface area contributed by atoms with E-state index in [0.29, 0.717) is 6.42 Å². The molecule has 0 aromatic heterocycles. The lowest BCUT2D eigenvalue weighted by Gasteiger charge is -2.34. The van der Waals surface area contributed by atoms with E-state index in [9.17, 15) is 19.5 Å². The molecule has 0 saturated carbocycles. The van der Waals surface area contributed by atoms with Gasteiger partial charge in [-0.1, -0.05) is 125 Å². The van der Waals surface area contributed by atoms with Gasteiger partial charge in [0.1, 0.15) is 12.6 Å². The molecule has 8 nitrogen and oxygen atoms in total. The summed E-state index contributed by atoms with van der Waals surface area (Å²) in [6.07, 6.45) is 39.3. The van der Waals surface area contributed by atoms with Crippen LogP contribution in [0.5, 0.6) is 0 Å². The second-order valence-corrected chi connectivity index (χ2v) is 13.5. The zero-order valence-electron chi connectivity index (χ0n) is 32.0. The molecule has 50 heavy (non-hydrogen) atoms. The predicted octanol–water partition coefficient (Wildman–Crippen LogP) is 8.29. The molecule has 0 rings (SSSR count). The van der Waals surface area contributed by atoms with Crippen LogP contribution in [0.1, 0.15) is 123 Å². The molecule has 0 amide bonds. The van der Waals surface area contributed by atoms with Crippen molar-refractivity contribution in [2.75, 3.05) is 41.0 Å². The number of carboxylic acids is 1. The van der Waals surface area contributed by atoms with E-state index in [-0.39, 0.29) is 49.1 Å². The number of allylic oxidation sites excluding steroid dienone is 12. The Morgan fingerprint density at radius 3 is 1.54 bits per heavy atom. The summed E-state index contributed by atoms with van der Waals surface area (Å²) >= 11 is 0. The van der Waals surface area contributed by atoms with Crippen molar-refractivity contribution in [2.24, 2.45) is 0 Å². The van der Waals surface area contributed by atoms with Crippen molar-refractivity contribution >= 4 is 17.9 Å². The Labute approximate surface area is 304 Å².